The van der Waals surface area contributed by atoms with Gasteiger partial charge in [-0.25, -0.2) is 5.26 Å². The van der Waals surface area contributed by atoms with Crippen LogP contribution in [-0.2, 0) is 20.1 Å². The minimum absolute atomic E-state index is 0. The molecule has 0 aromatic heterocycles. The molecule has 0 aliphatic carbocycles. The average Bonchev–Trinajstić information content (AvgIpc) is 3.96. The Morgan fingerprint density at radius 3 is 1.37 bits per heavy atom. The summed E-state index contributed by atoms with van der Waals surface area (Å²) in [4.78, 5) is 20.0. The molecule has 60 heavy (non-hydrogen) atoms. The second-order valence-corrected chi connectivity index (χ2v) is 17.9. The van der Waals surface area contributed by atoms with Crippen molar-refractivity contribution >= 4 is 59.3 Å². The summed E-state index contributed by atoms with van der Waals surface area (Å²) < 4.78 is 24.8. The minimum atomic E-state index is -1.48. The molecule has 1 radical (unpaired) electrons. The number of carboxylic acids is 1. The number of ether oxygens (including phenoxy) is 4. The summed E-state index contributed by atoms with van der Waals surface area (Å²) >= 11 is 0. The molecule has 0 saturated carbocycles. The topological polar surface area (TPSA) is 141 Å². The van der Waals surface area contributed by atoms with E-state index >= 15 is 0 Å². The fourth-order valence-corrected chi connectivity index (χ4v) is 12.6. The number of rotatable bonds is 9. The fraction of sp³-hybridized carbons (Fsp3) is 0.0426. The Labute approximate surface area is 363 Å². The van der Waals surface area contributed by atoms with Crippen LogP contribution in [0.4, 0.5) is 5.69 Å². The monoisotopic (exact) mass is 1010 g/mol. The molecule has 301 valence electrons. The molecule has 0 fully saturated rings. The van der Waals surface area contributed by atoms with Crippen molar-refractivity contribution < 1.29 is 53.9 Å². The predicted octanol–water partition coefficient (Wildman–Crippen LogP) is 7.20. The van der Waals surface area contributed by atoms with Gasteiger partial charge in [-0.3, -0.25) is 10.1 Å². The van der Waals surface area contributed by atoms with Crippen molar-refractivity contribution in [3.63, 3.8) is 0 Å². The Bertz CT molecular complexity index is 2450. The number of nitriles is 1. The molecule has 2 aliphatic rings. The number of fused-ring (bicyclic) bond motifs is 2. The van der Waals surface area contributed by atoms with Crippen molar-refractivity contribution in [2.45, 2.75) is 0 Å². The molecule has 0 unspecified atom stereocenters. The minimum Gasteiger partial charge on any atom is -0.521 e. The number of aromatic carboxylic acids is 1. The molecule has 9 rings (SSSR count). The number of hydrogen-bond donors (Lipinski definition) is 1. The van der Waals surface area contributed by atoms with E-state index in [-0.39, 0.29) is 52.2 Å². The molecule has 1 N–H and O–H groups in total. The third-order valence-corrected chi connectivity index (χ3v) is 15.1. The van der Waals surface area contributed by atoms with Gasteiger partial charge in [-0.05, 0) is 72.8 Å². The molecule has 10 nitrogen and oxygen atoms in total. The zero-order valence-corrected chi connectivity index (χ0v) is 36.4. The van der Waals surface area contributed by atoms with Gasteiger partial charge in [0.05, 0.1) is 33.0 Å². The van der Waals surface area contributed by atoms with E-state index in [1.165, 1.54) is 31.8 Å². The van der Waals surface area contributed by atoms with Gasteiger partial charge in [0, 0.05) is 30.6 Å². The van der Waals surface area contributed by atoms with Crippen molar-refractivity contribution in [1.29, 1.82) is 5.26 Å². The molecule has 0 saturated heterocycles. The van der Waals surface area contributed by atoms with Gasteiger partial charge in [0.15, 0.2) is 23.0 Å². The quantitative estimate of drug-likeness (QED) is 0.0688. The van der Waals surface area contributed by atoms with Crippen LogP contribution in [-0.4, -0.2) is 29.6 Å². The van der Waals surface area contributed by atoms with Gasteiger partial charge in [-0.1, -0.05) is 84.4 Å². The summed E-state index contributed by atoms with van der Waals surface area (Å²) in [5, 5.41) is 35.0. The Kier molecular flexibility index (Phi) is 14.1. The molecule has 0 amide bonds. The Morgan fingerprint density at radius 1 is 0.650 bits per heavy atom. The summed E-state index contributed by atoms with van der Waals surface area (Å²) in [6.07, 6.45) is 0. The molecule has 13 heteroatoms. The van der Waals surface area contributed by atoms with Crippen LogP contribution in [0, 0.1) is 34.9 Å². The Balaban J connectivity index is 0.000000324. The second-order valence-electron chi connectivity index (χ2n) is 13.0. The van der Waals surface area contributed by atoms with Gasteiger partial charge >= 0.3 is 0 Å². The van der Waals surface area contributed by atoms with Gasteiger partial charge < -0.3 is 36.3 Å². The molecule has 0 atom stereocenters. The van der Waals surface area contributed by atoms with E-state index in [1.807, 2.05) is 0 Å². The van der Waals surface area contributed by atoms with Crippen molar-refractivity contribution in [1.82, 2.24) is 0 Å². The van der Waals surface area contributed by atoms with E-state index in [4.69, 9.17) is 29.3 Å². The van der Waals surface area contributed by atoms with E-state index in [9.17, 15) is 14.9 Å². The predicted molar refractivity (Wildman–Crippen MR) is 234 cm³/mol. The van der Waals surface area contributed by atoms with Crippen LogP contribution in [0.5, 0.6) is 23.0 Å². The van der Waals surface area contributed by atoms with Crippen LogP contribution in [0.2, 0.25) is 0 Å². The van der Waals surface area contributed by atoms with Crippen LogP contribution < -0.4 is 50.8 Å². The first-order valence-corrected chi connectivity index (χ1v) is 21.1. The summed E-state index contributed by atoms with van der Waals surface area (Å²) in [6.45, 7) is 0.364. The standard InChI is InChI=1S/C38H28O4P2.C8H3N2O4.CH3.Ir/c1-5-13-27(14-6-1)43(28-15-7-2-8-16-28)33-23-21-31-37(41-25-39-31)35(33)36-34(24-22-32-38(36)42-26-40-32)44(29-17-9-3-10-18-29)30-19-11-4-12-20-30;9-4-6-2-1-5(8(11)12)3-7(6)10(13)14;;/h1-24H,25-26H2;2-3H,(H,11,12);1H3;/q;2*-1;/p+2. The molecule has 0 bridgehead atoms. The maximum atomic E-state index is 10.4. The summed E-state index contributed by atoms with van der Waals surface area (Å²) in [5.74, 6) is 1.72. The number of nitro benzene ring substituents is 1. The summed E-state index contributed by atoms with van der Waals surface area (Å²) in [6, 6.07) is 57.6. The van der Waals surface area contributed by atoms with Crippen molar-refractivity contribution in [3.05, 3.63) is 192 Å². The van der Waals surface area contributed by atoms with Crippen LogP contribution in [0.25, 0.3) is 11.1 Å². The molecule has 0 spiro atoms. The molecule has 2 aliphatic heterocycles. The SMILES string of the molecule is N#Cc1c[c-]c(C(=O)O)cc1[N+](=O)[O-].[CH3-].[Ir].c1ccc([PH+](c2ccccc2)c2ccc3c(c2-c2c([PH+](c4ccccc4)c4ccccc4)ccc4c2OCO4)OCO3)cc1. The fourth-order valence-electron chi connectivity index (χ4n) is 7.08. The first-order valence-electron chi connectivity index (χ1n) is 18.1. The largest absolute Gasteiger partial charge is 0.521 e. The van der Waals surface area contributed by atoms with Gasteiger partial charge in [0.1, 0.15) is 31.8 Å². The van der Waals surface area contributed by atoms with Gasteiger partial charge in [-0.2, -0.15) is 0 Å². The first kappa shape index (κ1) is 43.2. The maximum absolute atomic E-state index is 10.4. The zero-order chi connectivity index (χ0) is 40.0. The van der Waals surface area contributed by atoms with Crippen LogP contribution in [0.1, 0.15) is 15.9 Å². The number of nitro groups is 1. The third kappa shape index (κ3) is 8.79. The second kappa shape index (κ2) is 19.6. The Morgan fingerprint density at radius 2 is 1.03 bits per heavy atom. The van der Waals surface area contributed by atoms with E-state index in [0.717, 1.165) is 46.3 Å². The maximum Gasteiger partial charge on any atom is 0.247 e. The normalized spacial score (nSPS) is 11.7. The summed E-state index contributed by atoms with van der Waals surface area (Å²) in [7, 11) is -2.96. The first-order chi connectivity index (χ1) is 28.4. The number of nitrogens with zero attached hydrogens (tertiary/aromatic N) is 2. The molecule has 2 heterocycles. The van der Waals surface area contributed by atoms with Crippen molar-refractivity contribution in [2.75, 3.05) is 13.6 Å². The van der Waals surface area contributed by atoms with Gasteiger partial charge in [0.25, 0.3) is 0 Å². The van der Waals surface area contributed by atoms with Crippen LogP contribution in [0.15, 0.2) is 158 Å². The van der Waals surface area contributed by atoms with Crippen LogP contribution in [0.3, 0.4) is 0 Å². The van der Waals surface area contributed by atoms with E-state index in [0.29, 0.717) is 0 Å². The van der Waals surface area contributed by atoms with Gasteiger partial charge in [0.2, 0.25) is 25.2 Å². The number of hydrogen-bond acceptors (Lipinski definition) is 8. The van der Waals surface area contributed by atoms with E-state index in [2.05, 4.69) is 152 Å². The van der Waals surface area contributed by atoms with Gasteiger partial charge in [-0.15, -0.1) is 12.1 Å². The molecular formula is C47H36IrN2O8P2. The number of carboxylic acid groups (broad SMARTS) is 1. The summed E-state index contributed by atoms with van der Waals surface area (Å²) in [5.41, 5.74) is 1.00. The van der Waals surface area contributed by atoms with Crippen molar-refractivity contribution in [2.24, 2.45) is 0 Å². The van der Waals surface area contributed by atoms with Crippen molar-refractivity contribution in [3.8, 4) is 40.2 Å². The van der Waals surface area contributed by atoms with E-state index < -0.39 is 32.4 Å². The van der Waals surface area contributed by atoms with E-state index in [1.54, 1.807) is 6.07 Å². The average molecular weight is 1010 g/mol. The number of benzene rings is 7. The molecular weight excluding hydrogens is 975 g/mol. The zero-order valence-electron chi connectivity index (χ0n) is 32.0. The molecule has 7 aromatic carbocycles. The third-order valence-electron chi connectivity index (χ3n) is 9.59. The van der Waals surface area contributed by atoms with Crippen LogP contribution >= 0.6 is 15.8 Å². The number of carbonyl (C=O) groups is 1. The smallest absolute Gasteiger partial charge is 0.247 e. The molecule has 7 aromatic rings. The Hall–Kier alpha value is -6.39.